The van der Waals surface area contributed by atoms with E-state index in [1.807, 2.05) is 0 Å². The highest BCUT2D eigenvalue weighted by atomic mass is 19.1. The predicted octanol–water partition coefficient (Wildman–Crippen LogP) is 4.72. The number of hydrogen-bond acceptors (Lipinski definition) is 8. The lowest BCUT2D eigenvalue weighted by molar-refractivity contribution is -0.384. The second kappa shape index (κ2) is 9.21. The average Bonchev–Trinajstić information content (AvgIpc) is 3.46. The van der Waals surface area contributed by atoms with Crippen LogP contribution in [0.1, 0.15) is 18.1 Å². The Hall–Kier alpha value is -4.34. The van der Waals surface area contributed by atoms with Crippen molar-refractivity contribution in [3.63, 3.8) is 0 Å². The second-order valence-corrected chi connectivity index (χ2v) is 6.72. The molecule has 10 heteroatoms. The molecule has 0 atom stereocenters. The van der Waals surface area contributed by atoms with Crippen molar-refractivity contribution in [2.45, 2.75) is 19.4 Å². The third kappa shape index (κ3) is 4.86. The van der Waals surface area contributed by atoms with Crippen LogP contribution in [0.4, 0.5) is 10.1 Å². The summed E-state index contributed by atoms with van der Waals surface area (Å²) in [7, 11) is 0. The molecule has 4 aromatic rings. The minimum atomic E-state index is -0.506. The summed E-state index contributed by atoms with van der Waals surface area (Å²) >= 11 is 0. The SMILES string of the molecule is O=C(CCc1ccc(-c2ccccc2F)o1)OCc1nc(-c2ccc([N+](=O)[O-])cc2)no1. The highest BCUT2D eigenvalue weighted by molar-refractivity contribution is 5.69. The normalized spacial score (nSPS) is 10.8. The number of aryl methyl sites for hydroxylation is 1. The van der Waals surface area contributed by atoms with Crippen LogP contribution in [-0.4, -0.2) is 21.0 Å². The Morgan fingerprint density at radius 1 is 1.09 bits per heavy atom. The molecule has 0 aliphatic heterocycles. The topological polar surface area (TPSA) is 122 Å². The van der Waals surface area contributed by atoms with E-state index in [2.05, 4.69) is 10.1 Å². The van der Waals surface area contributed by atoms with Crippen LogP contribution in [0.3, 0.4) is 0 Å². The summed E-state index contributed by atoms with van der Waals surface area (Å²) in [6.45, 7) is -0.211. The predicted molar refractivity (Wildman–Crippen MR) is 109 cm³/mol. The number of halogens is 1. The zero-order valence-electron chi connectivity index (χ0n) is 16.6. The molecule has 9 nitrogen and oxygen atoms in total. The van der Waals surface area contributed by atoms with Gasteiger partial charge in [0.2, 0.25) is 5.82 Å². The van der Waals surface area contributed by atoms with Gasteiger partial charge in [-0.3, -0.25) is 14.9 Å². The average molecular weight is 437 g/mol. The van der Waals surface area contributed by atoms with Crippen LogP contribution >= 0.6 is 0 Å². The Morgan fingerprint density at radius 3 is 2.62 bits per heavy atom. The summed E-state index contributed by atoms with van der Waals surface area (Å²) in [5.74, 6) is 0.340. The molecule has 162 valence electrons. The summed E-state index contributed by atoms with van der Waals surface area (Å²) in [6.07, 6.45) is 0.332. The van der Waals surface area contributed by atoms with Crippen molar-refractivity contribution in [1.29, 1.82) is 0 Å². The molecule has 0 amide bonds. The van der Waals surface area contributed by atoms with Gasteiger partial charge in [-0.15, -0.1) is 0 Å². The third-order valence-electron chi connectivity index (χ3n) is 4.54. The fraction of sp³-hybridized carbons (Fsp3) is 0.136. The van der Waals surface area contributed by atoms with Crippen molar-refractivity contribution in [2.24, 2.45) is 0 Å². The van der Waals surface area contributed by atoms with Crippen molar-refractivity contribution in [3.8, 4) is 22.7 Å². The fourth-order valence-corrected chi connectivity index (χ4v) is 2.92. The molecular weight excluding hydrogens is 421 g/mol. The lowest BCUT2D eigenvalue weighted by Crippen LogP contribution is -2.05. The summed E-state index contributed by atoms with van der Waals surface area (Å²) < 4.78 is 29.6. The van der Waals surface area contributed by atoms with Gasteiger partial charge in [-0.05, 0) is 36.4 Å². The van der Waals surface area contributed by atoms with Gasteiger partial charge in [-0.25, -0.2) is 4.39 Å². The molecule has 4 rings (SSSR count). The number of esters is 1. The van der Waals surface area contributed by atoms with Gasteiger partial charge >= 0.3 is 5.97 Å². The van der Waals surface area contributed by atoms with Gasteiger partial charge in [-0.1, -0.05) is 17.3 Å². The van der Waals surface area contributed by atoms with Crippen molar-refractivity contribution in [2.75, 3.05) is 0 Å². The van der Waals surface area contributed by atoms with Crippen molar-refractivity contribution in [1.82, 2.24) is 10.1 Å². The first-order valence-electron chi connectivity index (χ1n) is 9.56. The smallest absolute Gasteiger partial charge is 0.306 e. The number of nitro groups is 1. The Morgan fingerprint density at radius 2 is 1.88 bits per heavy atom. The Bertz CT molecular complexity index is 1250. The van der Waals surface area contributed by atoms with E-state index in [9.17, 15) is 19.3 Å². The van der Waals surface area contributed by atoms with E-state index in [-0.39, 0.29) is 42.7 Å². The molecule has 2 aromatic heterocycles. The monoisotopic (exact) mass is 437 g/mol. The minimum Gasteiger partial charge on any atom is -0.461 e. The lowest BCUT2D eigenvalue weighted by atomic mass is 10.1. The zero-order valence-corrected chi connectivity index (χ0v) is 16.6. The molecule has 0 radical (unpaired) electrons. The Kier molecular flexibility index (Phi) is 6.02. The van der Waals surface area contributed by atoms with Gasteiger partial charge in [-0.2, -0.15) is 4.98 Å². The quantitative estimate of drug-likeness (QED) is 0.220. The van der Waals surface area contributed by atoms with Gasteiger partial charge in [0, 0.05) is 24.1 Å². The molecule has 0 unspecified atom stereocenters. The van der Waals surface area contributed by atoms with Crippen molar-refractivity contribution >= 4 is 11.7 Å². The summed E-state index contributed by atoms with van der Waals surface area (Å²) in [5, 5.41) is 14.5. The molecule has 0 bridgehead atoms. The lowest BCUT2D eigenvalue weighted by Gasteiger charge is -2.01. The van der Waals surface area contributed by atoms with E-state index < -0.39 is 10.9 Å². The third-order valence-corrected chi connectivity index (χ3v) is 4.54. The molecule has 0 aliphatic carbocycles. The van der Waals surface area contributed by atoms with E-state index >= 15 is 0 Å². The molecular formula is C22H16FN3O6. The molecule has 0 aliphatic rings. The Labute approximate surface area is 180 Å². The number of non-ortho nitro benzene ring substituents is 1. The summed E-state index contributed by atoms with van der Waals surface area (Å²) in [5.41, 5.74) is 0.825. The second-order valence-electron chi connectivity index (χ2n) is 6.72. The molecule has 32 heavy (non-hydrogen) atoms. The van der Waals surface area contributed by atoms with Crippen LogP contribution in [0.15, 0.2) is 69.6 Å². The molecule has 0 saturated carbocycles. The first kappa shape index (κ1) is 20.9. The maximum atomic E-state index is 13.8. The summed E-state index contributed by atoms with van der Waals surface area (Å²) in [4.78, 5) is 26.3. The standard InChI is InChI=1S/C22H16FN3O6/c23-18-4-2-1-3-17(18)19-11-9-16(31-19)10-12-21(27)30-13-20-24-22(25-32-20)14-5-7-15(8-6-14)26(28)29/h1-9,11H,10,12-13H2. The van der Waals surface area contributed by atoms with Crippen molar-refractivity contribution in [3.05, 3.63) is 88.2 Å². The van der Waals surface area contributed by atoms with Crippen LogP contribution < -0.4 is 0 Å². The largest absolute Gasteiger partial charge is 0.461 e. The number of hydrogen-bond donors (Lipinski definition) is 0. The van der Waals surface area contributed by atoms with Gasteiger partial charge < -0.3 is 13.7 Å². The Balaban J connectivity index is 1.28. The number of benzene rings is 2. The summed E-state index contributed by atoms with van der Waals surface area (Å²) in [6, 6.07) is 15.3. The highest BCUT2D eigenvalue weighted by Crippen LogP contribution is 2.25. The highest BCUT2D eigenvalue weighted by Gasteiger charge is 2.14. The molecule has 0 fully saturated rings. The van der Waals surface area contributed by atoms with E-state index in [1.165, 1.54) is 30.3 Å². The van der Waals surface area contributed by atoms with E-state index in [0.717, 1.165) is 0 Å². The van der Waals surface area contributed by atoms with E-state index in [1.54, 1.807) is 30.3 Å². The number of aromatic nitrogens is 2. The first-order chi connectivity index (χ1) is 15.5. The zero-order chi connectivity index (χ0) is 22.5. The molecule has 0 spiro atoms. The van der Waals surface area contributed by atoms with Gasteiger partial charge in [0.05, 0.1) is 16.9 Å². The van der Waals surface area contributed by atoms with Crippen LogP contribution in [0.2, 0.25) is 0 Å². The number of nitro benzene ring substituents is 1. The fourth-order valence-electron chi connectivity index (χ4n) is 2.92. The van der Waals surface area contributed by atoms with Crippen LogP contribution in [-0.2, 0) is 22.6 Å². The number of ether oxygens (including phenoxy) is 1. The molecule has 0 N–H and O–H groups in total. The molecule has 2 heterocycles. The number of nitrogens with zero attached hydrogens (tertiary/aromatic N) is 3. The number of rotatable bonds is 8. The van der Waals surface area contributed by atoms with Crippen molar-refractivity contribution < 1.29 is 27.8 Å². The van der Waals surface area contributed by atoms with Gasteiger partial charge in [0.25, 0.3) is 11.6 Å². The van der Waals surface area contributed by atoms with E-state index in [0.29, 0.717) is 22.6 Å². The van der Waals surface area contributed by atoms with Gasteiger partial charge in [0.1, 0.15) is 17.3 Å². The molecule has 2 aromatic carbocycles. The van der Waals surface area contributed by atoms with Gasteiger partial charge in [0.15, 0.2) is 6.61 Å². The first-order valence-corrected chi connectivity index (χ1v) is 9.56. The van der Waals surface area contributed by atoms with Crippen LogP contribution in [0.5, 0.6) is 0 Å². The number of carbonyl (C=O) groups excluding carboxylic acids is 1. The number of carbonyl (C=O) groups is 1. The van der Waals surface area contributed by atoms with Crippen LogP contribution in [0, 0.1) is 15.9 Å². The number of furan rings is 1. The minimum absolute atomic E-state index is 0.0492. The molecule has 0 saturated heterocycles. The maximum absolute atomic E-state index is 13.8. The maximum Gasteiger partial charge on any atom is 0.306 e. The van der Waals surface area contributed by atoms with E-state index in [4.69, 9.17) is 13.7 Å². The van der Waals surface area contributed by atoms with Crippen LogP contribution in [0.25, 0.3) is 22.7 Å².